The smallest absolute Gasteiger partial charge is 0.410 e. The fourth-order valence-electron chi connectivity index (χ4n) is 3.08. The second-order valence-corrected chi connectivity index (χ2v) is 7.94. The molecule has 27 heavy (non-hydrogen) atoms. The third kappa shape index (κ3) is 5.49. The van der Waals surface area contributed by atoms with Crippen LogP contribution in [0.4, 0.5) is 4.79 Å². The van der Waals surface area contributed by atoms with Crippen molar-refractivity contribution in [2.75, 3.05) is 26.7 Å². The van der Waals surface area contributed by atoms with Gasteiger partial charge in [-0.05, 0) is 40.7 Å². The van der Waals surface area contributed by atoms with Crippen molar-refractivity contribution in [3.05, 3.63) is 41.5 Å². The summed E-state index contributed by atoms with van der Waals surface area (Å²) in [5.41, 5.74) is 1.25. The van der Waals surface area contributed by atoms with E-state index in [2.05, 4.69) is 0 Å². The van der Waals surface area contributed by atoms with E-state index in [1.54, 1.807) is 23.0 Å². The van der Waals surface area contributed by atoms with Crippen molar-refractivity contribution < 1.29 is 19.1 Å². The Kier molecular flexibility index (Phi) is 6.52. The molecule has 1 atom stereocenters. The SMILES string of the molecule is COc1ccccc1[C@H]1CN(C(=O)OC(C)(C)C)CCN1C(=O)C=C(C)C. The molecule has 0 bridgehead atoms. The Labute approximate surface area is 161 Å². The van der Waals surface area contributed by atoms with Crippen molar-refractivity contribution in [2.24, 2.45) is 0 Å². The van der Waals surface area contributed by atoms with Crippen LogP contribution in [-0.2, 0) is 9.53 Å². The Morgan fingerprint density at radius 2 is 1.81 bits per heavy atom. The number of nitrogens with zero attached hydrogens (tertiary/aromatic N) is 2. The summed E-state index contributed by atoms with van der Waals surface area (Å²) in [5, 5.41) is 0. The fraction of sp³-hybridized carbons (Fsp3) is 0.524. The van der Waals surface area contributed by atoms with Gasteiger partial charge in [-0.25, -0.2) is 4.79 Å². The lowest BCUT2D eigenvalue weighted by Gasteiger charge is -2.41. The van der Waals surface area contributed by atoms with Gasteiger partial charge in [-0.3, -0.25) is 4.79 Å². The van der Waals surface area contributed by atoms with Gasteiger partial charge >= 0.3 is 6.09 Å². The van der Waals surface area contributed by atoms with Crippen LogP contribution in [0.2, 0.25) is 0 Å². The zero-order valence-corrected chi connectivity index (χ0v) is 17.1. The Morgan fingerprint density at radius 3 is 2.41 bits per heavy atom. The maximum atomic E-state index is 12.8. The van der Waals surface area contributed by atoms with Gasteiger partial charge in [0.15, 0.2) is 0 Å². The van der Waals surface area contributed by atoms with Crippen LogP contribution in [0.1, 0.15) is 46.2 Å². The summed E-state index contributed by atoms with van der Waals surface area (Å²) in [6.07, 6.45) is 1.27. The number of piperazine rings is 1. The van der Waals surface area contributed by atoms with Crippen molar-refractivity contribution in [1.29, 1.82) is 0 Å². The van der Waals surface area contributed by atoms with E-state index in [1.165, 1.54) is 0 Å². The Bertz CT molecular complexity index is 717. The molecule has 0 radical (unpaired) electrons. The van der Waals surface area contributed by atoms with Crippen LogP contribution in [0.25, 0.3) is 0 Å². The minimum atomic E-state index is -0.563. The molecule has 6 heteroatoms. The van der Waals surface area contributed by atoms with Crippen LogP contribution in [-0.4, -0.2) is 54.1 Å². The van der Waals surface area contributed by atoms with Crippen LogP contribution in [0, 0.1) is 0 Å². The van der Waals surface area contributed by atoms with E-state index in [0.29, 0.717) is 25.4 Å². The Hall–Kier alpha value is -2.50. The molecular formula is C21H30N2O4. The summed E-state index contributed by atoms with van der Waals surface area (Å²) in [5.74, 6) is 0.637. The van der Waals surface area contributed by atoms with Crippen LogP contribution in [0.5, 0.6) is 5.75 Å². The number of rotatable bonds is 3. The van der Waals surface area contributed by atoms with E-state index in [1.807, 2.05) is 58.9 Å². The maximum Gasteiger partial charge on any atom is 0.410 e. The topological polar surface area (TPSA) is 59.1 Å². The number of benzene rings is 1. The monoisotopic (exact) mass is 374 g/mol. The lowest BCUT2D eigenvalue weighted by atomic mass is 10.0. The fourth-order valence-corrected chi connectivity index (χ4v) is 3.08. The first kappa shape index (κ1) is 20.8. The molecule has 2 rings (SSSR count). The van der Waals surface area contributed by atoms with Gasteiger partial charge in [-0.2, -0.15) is 0 Å². The first-order chi connectivity index (χ1) is 12.6. The van der Waals surface area contributed by atoms with Gasteiger partial charge in [0.05, 0.1) is 13.2 Å². The number of ether oxygens (including phenoxy) is 2. The normalized spacial score (nSPS) is 17.3. The number of para-hydroxylation sites is 1. The summed E-state index contributed by atoms with van der Waals surface area (Å²) in [6.45, 7) is 10.6. The minimum Gasteiger partial charge on any atom is -0.496 e. The third-order valence-corrected chi connectivity index (χ3v) is 4.23. The molecule has 148 valence electrons. The van der Waals surface area contributed by atoms with Gasteiger partial charge in [-0.15, -0.1) is 0 Å². The second-order valence-electron chi connectivity index (χ2n) is 7.94. The highest BCUT2D eigenvalue weighted by Crippen LogP contribution is 2.33. The van der Waals surface area contributed by atoms with Crippen LogP contribution in [0.15, 0.2) is 35.9 Å². The average molecular weight is 374 g/mol. The van der Waals surface area contributed by atoms with Crippen LogP contribution < -0.4 is 4.74 Å². The molecule has 1 aliphatic heterocycles. The van der Waals surface area contributed by atoms with E-state index < -0.39 is 5.60 Å². The van der Waals surface area contributed by atoms with E-state index in [0.717, 1.165) is 11.1 Å². The standard InChI is InChI=1S/C21H30N2O4/c1-15(2)13-19(24)23-12-11-22(20(25)27-21(3,4)5)14-17(23)16-9-7-8-10-18(16)26-6/h7-10,13,17H,11-12,14H2,1-6H3/t17-/m1/s1. The van der Waals surface area contributed by atoms with E-state index >= 15 is 0 Å². The first-order valence-corrected chi connectivity index (χ1v) is 9.18. The molecule has 1 fully saturated rings. The minimum absolute atomic E-state index is 0.0604. The molecule has 6 nitrogen and oxygen atoms in total. The number of hydrogen-bond acceptors (Lipinski definition) is 4. The Morgan fingerprint density at radius 1 is 1.15 bits per heavy atom. The molecule has 0 N–H and O–H groups in total. The molecule has 1 heterocycles. The van der Waals surface area contributed by atoms with Crippen LogP contribution in [0.3, 0.4) is 0 Å². The molecule has 1 aliphatic rings. The average Bonchev–Trinajstić information content (AvgIpc) is 2.59. The molecule has 1 aromatic rings. The van der Waals surface area contributed by atoms with Crippen molar-refractivity contribution >= 4 is 12.0 Å². The van der Waals surface area contributed by atoms with Gasteiger partial charge < -0.3 is 19.3 Å². The summed E-state index contributed by atoms with van der Waals surface area (Å²) in [4.78, 5) is 28.8. The molecule has 0 saturated carbocycles. The molecule has 2 amide bonds. The van der Waals surface area contributed by atoms with Gasteiger partial charge in [0, 0.05) is 31.3 Å². The summed E-state index contributed by atoms with van der Waals surface area (Å²) in [6, 6.07) is 7.30. The number of allylic oxidation sites excluding steroid dienone is 1. The lowest BCUT2D eigenvalue weighted by Crippen LogP contribution is -2.53. The van der Waals surface area contributed by atoms with Crippen molar-refractivity contribution in [1.82, 2.24) is 9.80 Å². The van der Waals surface area contributed by atoms with E-state index in [4.69, 9.17) is 9.47 Å². The predicted molar refractivity (Wildman–Crippen MR) is 105 cm³/mol. The van der Waals surface area contributed by atoms with Gasteiger partial charge in [-0.1, -0.05) is 23.8 Å². The number of amides is 2. The van der Waals surface area contributed by atoms with Crippen molar-refractivity contribution in [3.63, 3.8) is 0 Å². The molecule has 0 unspecified atom stereocenters. The van der Waals surface area contributed by atoms with Gasteiger partial charge in [0.2, 0.25) is 5.91 Å². The quantitative estimate of drug-likeness (QED) is 0.756. The van der Waals surface area contributed by atoms with Crippen molar-refractivity contribution in [2.45, 2.75) is 46.3 Å². The zero-order valence-electron chi connectivity index (χ0n) is 17.1. The van der Waals surface area contributed by atoms with Crippen molar-refractivity contribution in [3.8, 4) is 5.75 Å². The lowest BCUT2D eigenvalue weighted by molar-refractivity contribution is -0.131. The number of methoxy groups -OCH3 is 1. The van der Waals surface area contributed by atoms with E-state index in [-0.39, 0.29) is 18.0 Å². The first-order valence-electron chi connectivity index (χ1n) is 9.18. The zero-order chi connectivity index (χ0) is 20.2. The number of hydrogen-bond donors (Lipinski definition) is 0. The number of carbonyl (C=O) groups is 2. The molecule has 0 aliphatic carbocycles. The highest BCUT2D eigenvalue weighted by molar-refractivity contribution is 5.89. The van der Waals surface area contributed by atoms with E-state index in [9.17, 15) is 9.59 Å². The molecular weight excluding hydrogens is 344 g/mol. The summed E-state index contributed by atoms with van der Waals surface area (Å²) in [7, 11) is 1.61. The second kappa shape index (κ2) is 8.46. The van der Waals surface area contributed by atoms with Gasteiger partial charge in [0.1, 0.15) is 11.4 Å². The van der Waals surface area contributed by atoms with Gasteiger partial charge in [0.25, 0.3) is 0 Å². The largest absolute Gasteiger partial charge is 0.496 e. The third-order valence-electron chi connectivity index (χ3n) is 4.23. The maximum absolute atomic E-state index is 12.8. The highest BCUT2D eigenvalue weighted by Gasteiger charge is 2.35. The summed E-state index contributed by atoms with van der Waals surface area (Å²) < 4.78 is 11.0. The van der Waals surface area contributed by atoms with Crippen LogP contribution >= 0.6 is 0 Å². The molecule has 0 aromatic heterocycles. The molecule has 1 saturated heterocycles. The predicted octanol–water partition coefficient (Wildman–Crippen LogP) is 3.78. The number of carbonyl (C=O) groups excluding carboxylic acids is 2. The highest BCUT2D eigenvalue weighted by atomic mass is 16.6. The Balaban J connectivity index is 2.34. The molecule has 1 aromatic carbocycles. The molecule has 0 spiro atoms. The summed E-state index contributed by atoms with van der Waals surface area (Å²) >= 11 is 0.